The first-order chi connectivity index (χ1) is 15.0. The van der Waals surface area contributed by atoms with Crippen LogP contribution >= 0.6 is 15.9 Å². The summed E-state index contributed by atoms with van der Waals surface area (Å²) in [6.45, 7) is 2.35. The predicted molar refractivity (Wildman–Crippen MR) is 119 cm³/mol. The number of anilines is 2. The number of nitrogens with one attached hydrogen (secondary N) is 1. The standard InChI is InChI=1S/C23H22BrN3O4/c1-13-18-19(21(29)27(20(18)28)14-7-9-15(31-2)10-8-14)23(25-13)16-5-3-4-6-17(16)26(12-11-24)22(23)30/h3-10,13,18-19,25H,11-12H2,1-2H3/t13-,18-,19+,23+/m1/s1. The average Bonchev–Trinajstić information content (AvgIpc) is 3.33. The molecule has 3 heterocycles. The summed E-state index contributed by atoms with van der Waals surface area (Å²) in [6.07, 6.45) is 0. The summed E-state index contributed by atoms with van der Waals surface area (Å²) in [5, 5.41) is 3.99. The van der Waals surface area contributed by atoms with Crippen LogP contribution in [0.4, 0.5) is 11.4 Å². The van der Waals surface area contributed by atoms with Crippen molar-refractivity contribution in [2.75, 3.05) is 28.8 Å². The number of carbonyl (C=O) groups excluding carboxylic acids is 3. The van der Waals surface area contributed by atoms with E-state index in [9.17, 15) is 14.4 Å². The lowest BCUT2D eigenvalue weighted by Gasteiger charge is -2.30. The number of para-hydroxylation sites is 1. The van der Waals surface area contributed by atoms with Crippen molar-refractivity contribution in [3.63, 3.8) is 0 Å². The summed E-state index contributed by atoms with van der Waals surface area (Å²) < 4.78 is 5.19. The van der Waals surface area contributed by atoms with Gasteiger partial charge in [0.05, 0.1) is 24.6 Å². The van der Waals surface area contributed by atoms with E-state index < -0.39 is 17.4 Å². The number of fused-ring (bicyclic) bond motifs is 4. The van der Waals surface area contributed by atoms with Gasteiger partial charge in [-0.2, -0.15) is 0 Å². The van der Waals surface area contributed by atoms with Crippen LogP contribution in [-0.4, -0.2) is 42.7 Å². The second-order valence-corrected chi connectivity index (χ2v) is 8.91. The van der Waals surface area contributed by atoms with Crippen LogP contribution in [0.25, 0.3) is 0 Å². The van der Waals surface area contributed by atoms with Crippen molar-refractivity contribution >= 4 is 45.0 Å². The Labute approximate surface area is 188 Å². The number of ether oxygens (including phenoxy) is 1. The molecule has 8 heteroatoms. The SMILES string of the molecule is COc1ccc(N2C(=O)[C@H]3[C@@H](C2=O)[C@]2(N[C@@H]3C)C(=O)N(CCBr)c3ccccc32)cc1. The van der Waals surface area contributed by atoms with E-state index in [-0.39, 0.29) is 23.8 Å². The second-order valence-electron chi connectivity index (χ2n) is 8.12. The van der Waals surface area contributed by atoms with Crippen molar-refractivity contribution < 1.29 is 19.1 Å². The molecule has 7 nitrogen and oxygen atoms in total. The van der Waals surface area contributed by atoms with Gasteiger partial charge in [0.2, 0.25) is 11.8 Å². The van der Waals surface area contributed by atoms with Crippen LogP contribution in [0.2, 0.25) is 0 Å². The van der Waals surface area contributed by atoms with Gasteiger partial charge < -0.3 is 9.64 Å². The molecule has 160 valence electrons. The maximum absolute atomic E-state index is 13.8. The lowest BCUT2D eigenvalue weighted by Crippen LogP contribution is -2.55. The minimum atomic E-state index is -1.24. The monoisotopic (exact) mass is 483 g/mol. The molecular weight excluding hydrogens is 462 g/mol. The van der Waals surface area contributed by atoms with Crippen LogP contribution in [0.5, 0.6) is 5.75 Å². The maximum atomic E-state index is 13.8. The average molecular weight is 484 g/mol. The number of rotatable bonds is 4. The topological polar surface area (TPSA) is 79.0 Å². The van der Waals surface area contributed by atoms with Crippen LogP contribution in [-0.2, 0) is 19.9 Å². The zero-order chi connectivity index (χ0) is 21.9. The normalized spacial score (nSPS) is 29.1. The number of methoxy groups -OCH3 is 1. The van der Waals surface area contributed by atoms with Gasteiger partial charge in [0.25, 0.3) is 5.91 Å². The molecule has 4 atom stereocenters. The van der Waals surface area contributed by atoms with Crippen molar-refractivity contribution in [3.8, 4) is 5.75 Å². The molecule has 0 saturated carbocycles. The largest absolute Gasteiger partial charge is 0.497 e. The smallest absolute Gasteiger partial charge is 0.252 e. The first-order valence-electron chi connectivity index (χ1n) is 10.2. The fourth-order valence-corrected chi connectivity index (χ4v) is 5.76. The molecule has 0 unspecified atom stereocenters. The van der Waals surface area contributed by atoms with Gasteiger partial charge in [-0.05, 0) is 37.3 Å². The van der Waals surface area contributed by atoms with Gasteiger partial charge in [0.1, 0.15) is 11.3 Å². The highest BCUT2D eigenvalue weighted by Gasteiger charge is 2.70. The molecule has 31 heavy (non-hydrogen) atoms. The van der Waals surface area contributed by atoms with Crippen LogP contribution in [0, 0.1) is 11.8 Å². The lowest BCUT2D eigenvalue weighted by molar-refractivity contribution is -0.132. The van der Waals surface area contributed by atoms with E-state index in [1.165, 1.54) is 4.90 Å². The van der Waals surface area contributed by atoms with Crippen LogP contribution in [0.1, 0.15) is 12.5 Å². The molecule has 2 saturated heterocycles. The number of amides is 3. The van der Waals surface area contributed by atoms with E-state index in [1.54, 1.807) is 36.3 Å². The highest BCUT2D eigenvalue weighted by atomic mass is 79.9. The fraction of sp³-hybridized carbons (Fsp3) is 0.348. The Morgan fingerprint density at radius 2 is 1.77 bits per heavy atom. The van der Waals surface area contributed by atoms with Crippen LogP contribution < -0.4 is 19.9 Å². The number of nitrogens with zero attached hydrogens (tertiary/aromatic N) is 2. The second kappa shape index (κ2) is 7.17. The van der Waals surface area contributed by atoms with Gasteiger partial charge in [-0.3, -0.25) is 19.7 Å². The summed E-state index contributed by atoms with van der Waals surface area (Å²) in [5.74, 6) is -1.58. The number of halogens is 1. The van der Waals surface area contributed by atoms with Gasteiger partial charge >= 0.3 is 0 Å². The number of imide groups is 1. The molecule has 2 aromatic carbocycles. The molecule has 0 aromatic heterocycles. The Morgan fingerprint density at radius 3 is 2.45 bits per heavy atom. The molecule has 3 amide bonds. The van der Waals surface area contributed by atoms with Gasteiger partial charge in [0.15, 0.2) is 0 Å². The molecule has 0 aliphatic carbocycles. The van der Waals surface area contributed by atoms with Crippen molar-refractivity contribution in [3.05, 3.63) is 54.1 Å². The van der Waals surface area contributed by atoms with Gasteiger partial charge in [-0.1, -0.05) is 34.1 Å². The molecule has 1 spiro atoms. The fourth-order valence-electron chi connectivity index (χ4n) is 5.40. The molecule has 2 fully saturated rings. The quantitative estimate of drug-likeness (QED) is 0.533. The predicted octanol–water partition coefficient (Wildman–Crippen LogP) is 2.43. The summed E-state index contributed by atoms with van der Waals surface area (Å²) in [4.78, 5) is 43.9. The molecule has 5 rings (SSSR count). The number of alkyl halides is 1. The molecule has 3 aliphatic heterocycles. The Morgan fingerprint density at radius 1 is 1.06 bits per heavy atom. The minimum absolute atomic E-state index is 0.176. The zero-order valence-electron chi connectivity index (χ0n) is 17.2. The maximum Gasteiger partial charge on any atom is 0.252 e. The molecule has 0 radical (unpaired) electrons. The molecule has 3 aliphatic rings. The highest BCUT2D eigenvalue weighted by Crippen LogP contribution is 2.54. The van der Waals surface area contributed by atoms with E-state index in [1.807, 2.05) is 31.2 Å². The van der Waals surface area contributed by atoms with Crippen molar-refractivity contribution in [1.29, 1.82) is 0 Å². The summed E-state index contributed by atoms with van der Waals surface area (Å²) in [6, 6.07) is 14.0. The van der Waals surface area contributed by atoms with E-state index in [0.717, 1.165) is 11.3 Å². The van der Waals surface area contributed by atoms with Crippen molar-refractivity contribution in [2.45, 2.75) is 18.5 Å². The van der Waals surface area contributed by atoms with Gasteiger partial charge in [-0.25, -0.2) is 4.90 Å². The third-order valence-corrected chi connectivity index (χ3v) is 7.01. The first-order valence-corrected chi connectivity index (χ1v) is 11.3. The zero-order valence-corrected chi connectivity index (χ0v) is 18.8. The van der Waals surface area contributed by atoms with Crippen molar-refractivity contribution in [2.24, 2.45) is 11.8 Å². The third kappa shape index (κ3) is 2.58. The van der Waals surface area contributed by atoms with E-state index >= 15 is 0 Å². The Hall–Kier alpha value is -2.71. The van der Waals surface area contributed by atoms with Gasteiger partial charge in [-0.15, -0.1) is 0 Å². The summed E-state index contributed by atoms with van der Waals surface area (Å²) >= 11 is 3.42. The summed E-state index contributed by atoms with van der Waals surface area (Å²) in [7, 11) is 1.56. The van der Waals surface area contributed by atoms with Crippen LogP contribution in [0.15, 0.2) is 48.5 Å². The van der Waals surface area contributed by atoms with Crippen LogP contribution in [0.3, 0.4) is 0 Å². The number of benzene rings is 2. The first kappa shape index (κ1) is 20.2. The Kier molecular flexibility index (Phi) is 4.67. The molecule has 1 N–H and O–H groups in total. The van der Waals surface area contributed by atoms with E-state index in [4.69, 9.17) is 4.74 Å². The number of carbonyl (C=O) groups is 3. The molecule has 2 aromatic rings. The van der Waals surface area contributed by atoms with E-state index in [0.29, 0.717) is 23.3 Å². The molecule has 0 bridgehead atoms. The number of hydrogen-bond acceptors (Lipinski definition) is 5. The number of hydrogen-bond donors (Lipinski definition) is 1. The minimum Gasteiger partial charge on any atom is -0.497 e. The summed E-state index contributed by atoms with van der Waals surface area (Å²) in [5.41, 5.74) is 0.800. The Balaban J connectivity index is 1.63. The molecular formula is C23H22BrN3O4. The van der Waals surface area contributed by atoms with E-state index in [2.05, 4.69) is 21.2 Å². The Bertz CT molecular complexity index is 1090. The van der Waals surface area contributed by atoms with Gasteiger partial charge in [0, 0.05) is 29.2 Å². The van der Waals surface area contributed by atoms with Crippen molar-refractivity contribution in [1.82, 2.24) is 5.32 Å². The highest BCUT2D eigenvalue weighted by molar-refractivity contribution is 9.09. The lowest BCUT2D eigenvalue weighted by atomic mass is 9.76. The third-order valence-electron chi connectivity index (χ3n) is 6.65.